The van der Waals surface area contributed by atoms with Gasteiger partial charge in [0.1, 0.15) is 5.82 Å². The highest BCUT2D eigenvalue weighted by Crippen LogP contribution is 2.24. The molecule has 0 aromatic heterocycles. The van der Waals surface area contributed by atoms with Crippen LogP contribution in [-0.2, 0) is 24.3 Å². The van der Waals surface area contributed by atoms with E-state index in [1.54, 1.807) is 0 Å². The molecule has 0 aliphatic carbocycles. The standard InChI is InChI=1S/C17H19FN2O5S/c1-2-9-19-16(21)12-25-17(22)13-4-3-10-20(11-13)26(23,24)15-7-5-14(18)6-8-15/h1,5-8,13H,3-4,9-12H2,(H,19,21). The minimum atomic E-state index is -3.83. The van der Waals surface area contributed by atoms with E-state index in [0.29, 0.717) is 12.8 Å². The predicted molar refractivity (Wildman–Crippen MR) is 90.7 cm³/mol. The van der Waals surface area contributed by atoms with E-state index in [9.17, 15) is 22.4 Å². The highest BCUT2D eigenvalue weighted by molar-refractivity contribution is 7.89. The summed E-state index contributed by atoms with van der Waals surface area (Å²) in [6.07, 6.45) is 5.94. The van der Waals surface area contributed by atoms with Crippen LogP contribution in [0.1, 0.15) is 12.8 Å². The molecule has 1 saturated heterocycles. The van der Waals surface area contributed by atoms with Crippen LogP contribution in [0.5, 0.6) is 0 Å². The number of terminal acetylenes is 1. The van der Waals surface area contributed by atoms with Gasteiger partial charge in [0.15, 0.2) is 6.61 Å². The van der Waals surface area contributed by atoms with Gasteiger partial charge in [-0.1, -0.05) is 5.92 Å². The molecule has 1 fully saturated rings. The molecular weight excluding hydrogens is 363 g/mol. The molecule has 0 saturated carbocycles. The fourth-order valence-electron chi connectivity index (χ4n) is 2.56. The van der Waals surface area contributed by atoms with Crippen molar-refractivity contribution < 1.29 is 27.1 Å². The van der Waals surface area contributed by atoms with Crippen LogP contribution in [0.2, 0.25) is 0 Å². The van der Waals surface area contributed by atoms with Crippen LogP contribution >= 0.6 is 0 Å². The zero-order valence-corrected chi connectivity index (χ0v) is 14.8. The average molecular weight is 382 g/mol. The summed E-state index contributed by atoms with van der Waals surface area (Å²) in [6.45, 7) is -0.234. The summed E-state index contributed by atoms with van der Waals surface area (Å²) in [4.78, 5) is 23.5. The van der Waals surface area contributed by atoms with E-state index in [2.05, 4.69) is 11.2 Å². The topological polar surface area (TPSA) is 92.8 Å². The van der Waals surface area contributed by atoms with Crippen molar-refractivity contribution in [3.05, 3.63) is 30.1 Å². The van der Waals surface area contributed by atoms with Gasteiger partial charge in [0, 0.05) is 13.1 Å². The van der Waals surface area contributed by atoms with Crippen molar-refractivity contribution in [3.63, 3.8) is 0 Å². The SMILES string of the molecule is C#CCNC(=O)COC(=O)C1CCCN(S(=O)(=O)c2ccc(F)cc2)C1. The van der Waals surface area contributed by atoms with Gasteiger partial charge in [0.2, 0.25) is 10.0 Å². The first kappa shape index (κ1) is 19.9. The van der Waals surface area contributed by atoms with Crippen molar-refractivity contribution in [2.24, 2.45) is 5.92 Å². The van der Waals surface area contributed by atoms with Crippen molar-refractivity contribution in [2.75, 3.05) is 26.2 Å². The molecule has 2 rings (SSSR count). The van der Waals surface area contributed by atoms with E-state index in [0.717, 1.165) is 12.1 Å². The molecule has 1 aromatic carbocycles. The van der Waals surface area contributed by atoms with Crippen molar-refractivity contribution in [2.45, 2.75) is 17.7 Å². The number of carbonyl (C=O) groups excluding carboxylic acids is 2. The minimum absolute atomic E-state index is 0.0313. The number of carbonyl (C=O) groups is 2. The third-order valence-corrected chi connectivity index (χ3v) is 5.78. The number of halogens is 1. The molecule has 140 valence electrons. The molecule has 0 bridgehead atoms. The smallest absolute Gasteiger partial charge is 0.310 e. The number of sulfonamides is 1. The normalized spacial score (nSPS) is 17.9. The Bertz CT molecular complexity index is 801. The Morgan fingerprint density at radius 3 is 2.69 bits per heavy atom. The lowest BCUT2D eigenvalue weighted by Crippen LogP contribution is -2.43. The maximum absolute atomic E-state index is 13.0. The van der Waals surface area contributed by atoms with Crippen molar-refractivity contribution in [3.8, 4) is 12.3 Å². The van der Waals surface area contributed by atoms with Gasteiger partial charge in [-0.3, -0.25) is 9.59 Å². The summed E-state index contributed by atoms with van der Waals surface area (Å²) in [5.74, 6) is -0.145. The third-order valence-electron chi connectivity index (χ3n) is 3.90. The molecular formula is C17H19FN2O5S. The van der Waals surface area contributed by atoms with E-state index in [1.807, 2.05) is 0 Å². The lowest BCUT2D eigenvalue weighted by molar-refractivity contribution is -0.153. The van der Waals surface area contributed by atoms with Gasteiger partial charge >= 0.3 is 5.97 Å². The fraction of sp³-hybridized carbons (Fsp3) is 0.412. The van der Waals surface area contributed by atoms with Crippen LogP contribution in [0.15, 0.2) is 29.2 Å². The largest absolute Gasteiger partial charge is 0.455 e. The number of rotatable bonds is 6. The summed E-state index contributed by atoms with van der Waals surface area (Å²) < 4.78 is 44.3. The summed E-state index contributed by atoms with van der Waals surface area (Å²) in [7, 11) is -3.83. The number of nitrogens with zero attached hydrogens (tertiary/aromatic N) is 1. The molecule has 0 radical (unpaired) electrons. The van der Waals surface area contributed by atoms with Gasteiger partial charge in [-0.15, -0.1) is 6.42 Å². The van der Waals surface area contributed by atoms with Crippen LogP contribution < -0.4 is 5.32 Å². The Morgan fingerprint density at radius 2 is 2.04 bits per heavy atom. The quantitative estimate of drug-likeness (QED) is 0.572. The van der Waals surface area contributed by atoms with Crippen LogP contribution in [-0.4, -0.2) is 50.8 Å². The van der Waals surface area contributed by atoms with E-state index >= 15 is 0 Å². The number of amides is 1. The molecule has 0 spiro atoms. The van der Waals surface area contributed by atoms with Crippen LogP contribution in [0.25, 0.3) is 0 Å². The van der Waals surface area contributed by atoms with Gasteiger partial charge in [-0.25, -0.2) is 12.8 Å². The lowest BCUT2D eigenvalue weighted by Gasteiger charge is -2.30. The molecule has 1 unspecified atom stereocenters. The van der Waals surface area contributed by atoms with Gasteiger partial charge < -0.3 is 10.1 Å². The highest BCUT2D eigenvalue weighted by Gasteiger charge is 2.34. The Morgan fingerprint density at radius 1 is 1.35 bits per heavy atom. The number of benzene rings is 1. The van der Waals surface area contributed by atoms with Gasteiger partial charge in [-0.05, 0) is 37.1 Å². The number of hydrogen-bond donors (Lipinski definition) is 1. The third kappa shape index (κ3) is 5.03. The Labute approximate surface area is 151 Å². The number of hydrogen-bond acceptors (Lipinski definition) is 5. The molecule has 1 aliphatic heterocycles. The molecule has 7 nitrogen and oxygen atoms in total. The summed E-state index contributed by atoms with van der Waals surface area (Å²) >= 11 is 0. The average Bonchev–Trinajstić information content (AvgIpc) is 2.64. The van der Waals surface area contributed by atoms with Gasteiger partial charge in [0.25, 0.3) is 5.91 Å². The first-order chi connectivity index (χ1) is 12.3. The zero-order chi connectivity index (χ0) is 19.2. The van der Waals surface area contributed by atoms with Crippen LogP contribution in [0.4, 0.5) is 4.39 Å². The Balaban J connectivity index is 1.97. The molecule has 1 aromatic rings. The molecule has 26 heavy (non-hydrogen) atoms. The number of nitrogens with one attached hydrogen (secondary N) is 1. The molecule has 1 atom stereocenters. The van der Waals surface area contributed by atoms with Crippen molar-refractivity contribution in [1.82, 2.24) is 9.62 Å². The first-order valence-electron chi connectivity index (χ1n) is 7.97. The van der Waals surface area contributed by atoms with Gasteiger partial charge in [0.05, 0.1) is 17.4 Å². The zero-order valence-electron chi connectivity index (χ0n) is 14.0. The Kier molecular flexibility index (Phi) is 6.71. The number of piperidine rings is 1. The fourth-order valence-corrected chi connectivity index (χ4v) is 4.09. The van der Waals surface area contributed by atoms with E-state index in [-0.39, 0.29) is 24.5 Å². The maximum atomic E-state index is 13.0. The predicted octanol–water partition coefficient (Wildman–Crippen LogP) is 0.519. The molecule has 1 amide bonds. The maximum Gasteiger partial charge on any atom is 0.310 e. The van der Waals surface area contributed by atoms with E-state index in [1.165, 1.54) is 16.4 Å². The Hall–Kier alpha value is -2.44. The summed E-state index contributed by atoms with van der Waals surface area (Å²) in [5.41, 5.74) is 0. The number of ether oxygens (including phenoxy) is 1. The second-order valence-corrected chi connectivity index (χ2v) is 7.68. The molecule has 1 N–H and O–H groups in total. The lowest BCUT2D eigenvalue weighted by atomic mass is 10.00. The molecule has 1 aliphatic rings. The first-order valence-corrected chi connectivity index (χ1v) is 9.41. The van der Waals surface area contributed by atoms with Crippen LogP contribution in [0, 0.1) is 24.1 Å². The highest BCUT2D eigenvalue weighted by atomic mass is 32.2. The monoisotopic (exact) mass is 382 g/mol. The summed E-state index contributed by atoms with van der Waals surface area (Å²) in [6, 6.07) is 4.50. The number of esters is 1. The van der Waals surface area contributed by atoms with Crippen molar-refractivity contribution in [1.29, 1.82) is 0 Å². The second-order valence-electron chi connectivity index (χ2n) is 5.74. The van der Waals surface area contributed by atoms with E-state index < -0.39 is 40.2 Å². The summed E-state index contributed by atoms with van der Waals surface area (Å²) in [5, 5.41) is 2.36. The van der Waals surface area contributed by atoms with E-state index in [4.69, 9.17) is 11.2 Å². The van der Waals surface area contributed by atoms with Crippen LogP contribution in [0.3, 0.4) is 0 Å². The molecule has 1 heterocycles. The van der Waals surface area contributed by atoms with Crippen molar-refractivity contribution >= 4 is 21.9 Å². The molecule has 9 heteroatoms. The second kappa shape index (κ2) is 8.78. The minimum Gasteiger partial charge on any atom is -0.455 e. The van der Waals surface area contributed by atoms with Gasteiger partial charge in [-0.2, -0.15) is 4.31 Å².